The van der Waals surface area contributed by atoms with Crippen molar-refractivity contribution in [2.75, 3.05) is 0 Å². The molecule has 1 amide bonds. The number of amides is 1. The molecule has 24 heavy (non-hydrogen) atoms. The van der Waals surface area contributed by atoms with E-state index in [4.69, 9.17) is 0 Å². The molecule has 0 saturated heterocycles. The van der Waals surface area contributed by atoms with Gasteiger partial charge >= 0.3 is 0 Å². The van der Waals surface area contributed by atoms with Crippen molar-refractivity contribution in [1.29, 1.82) is 0 Å². The SMILES string of the molecule is O=C(N/N=C/c1ccc2no[n+]([O-])c2c1)c1ccc([N+](=O)[O-])cc1. The fraction of sp³-hybridized carbons (Fsp3) is 0. The van der Waals surface area contributed by atoms with E-state index in [1.165, 1.54) is 36.5 Å². The summed E-state index contributed by atoms with van der Waals surface area (Å²) < 4.78 is 4.45. The molecule has 3 rings (SSSR count). The summed E-state index contributed by atoms with van der Waals surface area (Å²) in [5.74, 6) is -0.522. The lowest BCUT2D eigenvalue weighted by Crippen LogP contribution is -2.22. The first-order valence-corrected chi connectivity index (χ1v) is 6.62. The lowest BCUT2D eigenvalue weighted by Gasteiger charge is -1.99. The number of nitrogens with one attached hydrogen (secondary N) is 1. The van der Waals surface area contributed by atoms with Crippen LogP contribution in [-0.4, -0.2) is 22.2 Å². The third-order valence-corrected chi connectivity index (χ3v) is 3.13. The summed E-state index contributed by atoms with van der Waals surface area (Å²) in [6.07, 6.45) is 1.34. The molecule has 0 aliphatic rings. The molecule has 0 bridgehead atoms. The van der Waals surface area contributed by atoms with E-state index in [-0.39, 0.29) is 21.7 Å². The van der Waals surface area contributed by atoms with Crippen molar-refractivity contribution in [1.82, 2.24) is 10.6 Å². The molecule has 10 nitrogen and oxygen atoms in total. The van der Waals surface area contributed by atoms with Gasteiger partial charge in [0.15, 0.2) is 0 Å². The zero-order chi connectivity index (χ0) is 17.1. The molecule has 0 atom stereocenters. The van der Waals surface area contributed by atoms with Crippen LogP contribution in [0, 0.1) is 15.3 Å². The van der Waals surface area contributed by atoms with Gasteiger partial charge in [0, 0.05) is 28.9 Å². The predicted molar refractivity (Wildman–Crippen MR) is 81.1 cm³/mol. The Morgan fingerprint density at radius 3 is 2.75 bits per heavy atom. The topological polar surface area (TPSA) is 138 Å². The van der Waals surface area contributed by atoms with Crippen molar-refractivity contribution in [3.8, 4) is 0 Å². The summed E-state index contributed by atoms with van der Waals surface area (Å²) in [5, 5.41) is 29.2. The van der Waals surface area contributed by atoms with Crippen LogP contribution in [0.5, 0.6) is 0 Å². The van der Waals surface area contributed by atoms with E-state index in [1.807, 2.05) is 0 Å². The van der Waals surface area contributed by atoms with Crippen molar-refractivity contribution in [2.45, 2.75) is 0 Å². The number of hydrazone groups is 1. The maximum Gasteiger partial charge on any atom is 0.271 e. The zero-order valence-electron chi connectivity index (χ0n) is 11.9. The van der Waals surface area contributed by atoms with Crippen LogP contribution in [0.3, 0.4) is 0 Å². The predicted octanol–water partition coefficient (Wildman–Crippen LogP) is 1.13. The Morgan fingerprint density at radius 2 is 2.04 bits per heavy atom. The molecule has 0 aliphatic heterocycles. The van der Waals surface area contributed by atoms with Crippen LogP contribution in [0.1, 0.15) is 15.9 Å². The van der Waals surface area contributed by atoms with Crippen molar-refractivity contribution in [3.63, 3.8) is 0 Å². The molecule has 10 heteroatoms. The molecular formula is C14H9N5O5. The van der Waals surface area contributed by atoms with Crippen LogP contribution < -0.4 is 10.3 Å². The van der Waals surface area contributed by atoms with Gasteiger partial charge in [-0.05, 0) is 34.7 Å². The molecule has 0 radical (unpaired) electrons. The van der Waals surface area contributed by atoms with Crippen molar-refractivity contribution < 1.29 is 19.2 Å². The third kappa shape index (κ3) is 3.02. The number of fused-ring (bicyclic) bond motifs is 1. The number of hydrogen-bond acceptors (Lipinski definition) is 7. The second kappa shape index (κ2) is 6.12. The van der Waals surface area contributed by atoms with Gasteiger partial charge in [-0.3, -0.25) is 19.5 Å². The molecular weight excluding hydrogens is 318 g/mol. The first kappa shape index (κ1) is 15.1. The molecule has 0 saturated carbocycles. The maximum atomic E-state index is 11.9. The minimum absolute atomic E-state index is 0.108. The summed E-state index contributed by atoms with van der Waals surface area (Å²) in [4.78, 5) is 22.1. The van der Waals surface area contributed by atoms with Gasteiger partial charge in [-0.2, -0.15) is 5.10 Å². The average Bonchev–Trinajstić information content (AvgIpc) is 2.95. The van der Waals surface area contributed by atoms with Gasteiger partial charge in [-0.15, -0.1) is 0 Å². The van der Waals surface area contributed by atoms with E-state index >= 15 is 0 Å². The van der Waals surface area contributed by atoms with Gasteiger partial charge < -0.3 is 5.21 Å². The monoisotopic (exact) mass is 327 g/mol. The van der Waals surface area contributed by atoms with Gasteiger partial charge in [0.25, 0.3) is 11.6 Å². The standard InChI is InChI=1S/C14H9N5O5/c20-14(10-2-4-11(5-3-10)18(21)22)16-15-8-9-1-6-12-13(7-9)19(23)24-17-12/h1-8H,(H,16,20)/b15-8+. The van der Waals surface area contributed by atoms with E-state index in [9.17, 15) is 20.1 Å². The number of rotatable bonds is 4. The molecule has 120 valence electrons. The lowest BCUT2D eigenvalue weighted by atomic mass is 10.2. The van der Waals surface area contributed by atoms with Crippen LogP contribution in [-0.2, 0) is 0 Å². The van der Waals surface area contributed by atoms with Gasteiger partial charge in [-0.1, -0.05) is 0 Å². The van der Waals surface area contributed by atoms with E-state index in [2.05, 4.69) is 20.3 Å². The average molecular weight is 327 g/mol. The third-order valence-electron chi connectivity index (χ3n) is 3.13. The molecule has 1 heterocycles. The smallest absolute Gasteiger partial charge is 0.271 e. The van der Waals surface area contributed by atoms with E-state index in [1.54, 1.807) is 12.1 Å². The van der Waals surface area contributed by atoms with Crippen LogP contribution >= 0.6 is 0 Å². The molecule has 1 N–H and O–H groups in total. The lowest BCUT2D eigenvalue weighted by molar-refractivity contribution is -0.782. The summed E-state index contributed by atoms with van der Waals surface area (Å²) in [6, 6.07) is 9.83. The largest absolute Gasteiger partial charge is 0.359 e. The van der Waals surface area contributed by atoms with E-state index < -0.39 is 10.8 Å². The number of aromatic nitrogens is 2. The van der Waals surface area contributed by atoms with Crippen LogP contribution in [0.25, 0.3) is 11.0 Å². The highest BCUT2D eigenvalue weighted by molar-refractivity contribution is 5.95. The molecule has 0 spiro atoms. The minimum Gasteiger partial charge on any atom is -0.359 e. The quantitative estimate of drug-likeness (QED) is 0.330. The number of benzene rings is 2. The number of nitrogens with zero attached hydrogens (tertiary/aromatic N) is 4. The van der Waals surface area contributed by atoms with Crippen LogP contribution in [0.2, 0.25) is 0 Å². The van der Waals surface area contributed by atoms with Gasteiger partial charge in [0.05, 0.1) is 11.1 Å². The highest BCUT2D eigenvalue weighted by Crippen LogP contribution is 2.12. The van der Waals surface area contributed by atoms with Gasteiger partial charge in [-0.25, -0.2) is 5.43 Å². The zero-order valence-corrected chi connectivity index (χ0v) is 11.9. The Morgan fingerprint density at radius 1 is 1.29 bits per heavy atom. The summed E-state index contributed by atoms with van der Waals surface area (Å²) in [6.45, 7) is 0. The summed E-state index contributed by atoms with van der Waals surface area (Å²) in [5.41, 5.74) is 3.60. The Balaban J connectivity index is 1.69. The maximum absolute atomic E-state index is 11.9. The summed E-state index contributed by atoms with van der Waals surface area (Å²) in [7, 11) is 0. The molecule has 2 aromatic carbocycles. The Labute approximate surface area is 133 Å². The molecule has 0 unspecified atom stereocenters. The van der Waals surface area contributed by atoms with Crippen molar-refractivity contribution in [3.05, 3.63) is 68.9 Å². The Hall–Kier alpha value is -3.82. The number of carbonyl (C=O) groups excluding carboxylic acids is 1. The molecule has 0 aliphatic carbocycles. The number of nitro groups is 1. The fourth-order valence-electron chi connectivity index (χ4n) is 1.93. The minimum atomic E-state index is -0.553. The number of nitro benzene ring substituents is 1. The van der Waals surface area contributed by atoms with Gasteiger partial charge in [0.1, 0.15) is 0 Å². The van der Waals surface area contributed by atoms with Crippen LogP contribution in [0.4, 0.5) is 5.69 Å². The van der Waals surface area contributed by atoms with Gasteiger partial charge in [0.2, 0.25) is 11.0 Å². The first-order chi connectivity index (χ1) is 11.5. The second-order valence-electron chi connectivity index (χ2n) is 4.68. The Kier molecular flexibility index (Phi) is 3.85. The number of hydrogen-bond donors (Lipinski definition) is 1. The second-order valence-corrected chi connectivity index (χ2v) is 4.68. The number of non-ortho nitro benzene ring substituents is 1. The highest BCUT2D eigenvalue weighted by atomic mass is 16.8. The van der Waals surface area contributed by atoms with Crippen molar-refractivity contribution >= 4 is 28.8 Å². The molecule has 3 aromatic rings. The van der Waals surface area contributed by atoms with Crippen LogP contribution in [0.15, 0.2) is 52.2 Å². The summed E-state index contributed by atoms with van der Waals surface area (Å²) >= 11 is 0. The van der Waals surface area contributed by atoms with Crippen molar-refractivity contribution in [2.24, 2.45) is 5.10 Å². The van der Waals surface area contributed by atoms with E-state index in [0.717, 1.165) is 0 Å². The van der Waals surface area contributed by atoms with E-state index in [0.29, 0.717) is 11.1 Å². The molecule has 0 fully saturated rings. The Bertz CT molecular complexity index is 948. The first-order valence-electron chi connectivity index (χ1n) is 6.62. The highest BCUT2D eigenvalue weighted by Gasteiger charge is 2.10. The number of carbonyl (C=O) groups is 1. The molecule has 1 aromatic heterocycles. The fourth-order valence-corrected chi connectivity index (χ4v) is 1.93. The normalized spacial score (nSPS) is 11.0.